The molecule has 2 rings (SSSR count). The molecule has 4 nitrogen and oxygen atoms in total. The fourth-order valence-electron chi connectivity index (χ4n) is 2.42. The Hall–Kier alpha value is -0.620. The van der Waals surface area contributed by atoms with Crippen LogP contribution in [0.15, 0.2) is 24.3 Å². The van der Waals surface area contributed by atoms with Crippen LogP contribution in [-0.2, 0) is 16.3 Å². The van der Waals surface area contributed by atoms with E-state index in [0.29, 0.717) is 17.9 Å². The van der Waals surface area contributed by atoms with Gasteiger partial charge >= 0.3 is 0 Å². The van der Waals surface area contributed by atoms with E-state index in [1.54, 1.807) is 0 Å². The van der Waals surface area contributed by atoms with Crippen LogP contribution in [0.25, 0.3) is 0 Å². The first kappa shape index (κ1) is 13.8. The van der Waals surface area contributed by atoms with E-state index in [-0.39, 0.29) is 23.5 Å². The molecule has 1 saturated heterocycles. The van der Waals surface area contributed by atoms with Gasteiger partial charge in [0.15, 0.2) is 9.84 Å². The topological polar surface area (TPSA) is 72.2 Å². The van der Waals surface area contributed by atoms with Crippen molar-refractivity contribution in [2.24, 2.45) is 11.8 Å². The Balaban J connectivity index is 2.06. The molecule has 2 unspecified atom stereocenters. The summed E-state index contributed by atoms with van der Waals surface area (Å²) in [5.74, 6) is 6.13. The lowest BCUT2D eigenvalue weighted by atomic mass is 9.93. The zero-order valence-electron chi connectivity index (χ0n) is 9.97. The van der Waals surface area contributed by atoms with Crippen LogP contribution in [0.3, 0.4) is 0 Å². The smallest absolute Gasteiger partial charge is 0.150 e. The number of nitrogens with two attached hydrogens (primary N) is 1. The van der Waals surface area contributed by atoms with E-state index in [1.165, 1.54) is 0 Å². The van der Waals surface area contributed by atoms with Crippen LogP contribution in [0, 0.1) is 5.92 Å². The van der Waals surface area contributed by atoms with Gasteiger partial charge in [-0.3, -0.25) is 11.3 Å². The summed E-state index contributed by atoms with van der Waals surface area (Å²) in [6, 6.07) is 7.53. The SMILES string of the molecule is NNC(Cc1cccc(Cl)c1)C1CCS(=O)(=O)C1. The minimum atomic E-state index is -2.87. The molecule has 1 heterocycles. The van der Waals surface area contributed by atoms with Crippen molar-refractivity contribution in [1.29, 1.82) is 0 Å². The third-order valence-corrected chi connectivity index (χ3v) is 5.42. The van der Waals surface area contributed by atoms with Crippen LogP contribution < -0.4 is 11.3 Å². The Labute approximate surface area is 112 Å². The quantitative estimate of drug-likeness (QED) is 0.644. The van der Waals surface area contributed by atoms with Crippen molar-refractivity contribution in [3.8, 4) is 0 Å². The average molecular weight is 289 g/mol. The Kier molecular flexibility index (Phi) is 4.27. The Bertz CT molecular complexity index is 519. The summed E-state index contributed by atoms with van der Waals surface area (Å²) in [7, 11) is -2.87. The highest BCUT2D eigenvalue weighted by atomic mass is 35.5. The van der Waals surface area contributed by atoms with E-state index in [9.17, 15) is 8.42 Å². The first-order valence-corrected chi connectivity index (χ1v) is 8.11. The molecule has 1 aliphatic rings. The molecule has 2 atom stereocenters. The van der Waals surface area contributed by atoms with Gasteiger partial charge in [0.1, 0.15) is 0 Å². The molecule has 1 aromatic carbocycles. The number of sulfone groups is 1. The Morgan fingerprint density at radius 3 is 2.83 bits per heavy atom. The molecule has 0 radical (unpaired) electrons. The highest BCUT2D eigenvalue weighted by molar-refractivity contribution is 7.91. The summed E-state index contributed by atoms with van der Waals surface area (Å²) in [6.45, 7) is 0. The molecule has 1 aliphatic heterocycles. The monoisotopic (exact) mass is 288 g/mol. The van der Waals surface area contributed by atoms with Gasteiger partial charge in [-0.15, -0.1) is 0 Å². The number of hydrazine groups is 1. The van der Waals surface area contributed by atoms with Crippen LogP contribution in [0.2, 0.25) is 5.02 Å². The summed E-state index contributed by atoms with van der Waals surface area (Å²) in [5, 5.41) is 0.683. The second-order valence-electron chi connectivity index (χ2n) is 4.77. The number of hydrogen-bond donors (Lipinski definition) is 2. The van der Waals surface area contributed by atoms with Crippen LogP contribution in [0.1, 0.15) is 12.0 Å². The normalized spacial score (nSPS) is 24.0. The molecule has 18 heavy (non-hydrogen) atoms. The van der Waals surface area contributed by atoms with Crippen LogP contribution in [0.5, 0.6) is 0 Å². The lowest BCUT2D eigenvalue weighted by molar-refractivity contribution is 0.385. The second-order valence-corrected chi connectivity index (χ2v) is 7.44. The van der Waals surface area contributed by atoms with Crippen molar-refractivity contribution in [3.63, 3.8) is 0 Å². The minimum Gasteiger partial charge on any atom is -0.271 e. The van der Waals surface area contributed by atoms with Crippen molar-refractivity contribution < 1.29 is 8.42 Å². The summed E-state index contributed by atoms with van der Waals surface area (Å²) in [6.07, 6.45) is 1.37. The van der Waals surface area contributed by atoms with E-state index in [1.807, 2.05) is 24.3 Å². The highest BCUT2D eigenvalue weighted by Gasteiger charge is 2.33. The standard InChI is InChI=1S/C12H17ClN2O2S/c13-11-3-1-2-9(6-11)7-12(15-14)10-4-5-18(16,17)8-10/h1-3,6,10,12,15H,4-5,7-8,14H2. The van der Waals surface area contributed by atoms with E-state index in [0.717, 1.165) is 5.56 Å². The summed E-state index contributed by atoms with van der Waals surface area (Å²) in [4.78, 5) is 0. The summed E-state index contributed by atoms with van der Waals surface area (Å²) >= 11 is 5.93. The number of benzene rings is 1. The van der Waals surface area contributed by atoms with Crippen molar-refractivity contribution in [3.05, 3.63) is 34.9 Å². The Morgan fingerprint density at radius 1 is 1.50 bits per heavy atom. The maximum Gasteiger partial charge on any atom is 0.150 e. The second kappa shape index (κ2) is 5.57. The molecule has 0 spiro atoms. The molecule has 3 N–H and O–H groups in total. The van der Waals surface area contributed by atoms with E-state index < -0.39 is 9.84 Å². The third kappa shape index (κ3) is 3.45. The zero-order valence-corrected chi connectivity index (χ0v) is 11.5. The predicted octanol–water partition coefficient (Wildman–Crippen LogP) is 1.15. The molecule has 1 fully saturated rings. The molecule has 0 aromatic heterocycles. The number of halogens is 1. The number of nitrogens with one attached hydrogen (secondary N) is 1. The number of hydrogen-bond acceptors (Lipinski definition) is 4. The molecular formula is C12H17ClN2O2S. The summed E-state index contributed by atoms with van der Waals surface area (Å²) in [5.41, 5.74) is 3.81. The van der Waals surface area contributed by atoms with E-state index >= 15 is 0 Å². The summed E-state index contributed by atoms with van der Waals surface area (Å²) < 4.78 is 23.0. The largest absolute Gasteiger partial charge is 0.271 e. The van der Waals surface area contributed by atoms with Gasteiger partial charge in [-0.2, -0.15) is 0 Å². The van der Waals surface area contributed by atoms with Gasteiger partial charge in [0.2, 0.25) is 0 Å². The molecule has 0 saturated carbocycles. The molecular weight excluding hydrogens is 272 g/mol. The van der Waals surface area contributed by atoms with E-state index in [4.69, 9.17) is 17.4 Å². The van der Waals surface area contributed by atoms with E-state index in [2.05, 4.69) is 5.43 Å². The molecule has 100 valence electrons. The van der Waals surface area contributed by atoms with Gasteiger partial charge < -0.3 is 0 Å². The van der Waals surface area contributed by atoms with Crippen LogP contribution in [0.4, 0.5) is 0 Å². The van der Waals surface area contributed by atoms with Crippen LogP contribution >= 0.6 is 11.6 Å². The fraction of sp³-hybridized carbons (Fsp3) is 0.500. The van der Waals surface area contributed by atoms with Crippen molar-refractivity contribution >= 4 is 21.4 Å². The average Bonchev–Trinajstić information content (AvgIpc) is 2.66. The lowest BCUT2D eigenvalue weighted by Gasteiger charge is -2.21. The van der Waals surface area contributed by atoms with Crippen molar-refractivity contribution in [2.45, 2.75) is 18.9 Å². The molecule has 0 aliphatic carbocycles. The lowest BCUT2D eigenvalue weighted by Crippen LogP contribution is -2.43. The fourth-order valence-corrected chi connectivity index (χ4v) is 4.51. The van der Waals surface area contributed by atoms with Gasteiger partial charge in [-0.1, -0.05) is 23.7 Å². The zero-order chi connectivity index (χ0) is 13.2. The highest BCUT2D eigenvalue weighted by Crippen LogP contribution is 2.24. The van der Waals surface area contributed by atoms with Gasteiger partial charge in [0.05, 0.1) is 11.5 Å². The molecule has 1 aromatic rings. The third-order valence-electron chi connectivity index (χ3n) is 3.40. The van der Waals surface area contributed by atoms with Gasteiger partial charge in [-0.05, 0) is 36.5 Å². The Morgan fingerprint density at radius 2 is 2.28 bits per heavy atom. The minimum absolute atomic E-state index is 0.0271. The number of rotatable bonds is 4. The first-order valence-electron chi connectivity index (χ1n) is 5.91. The van der Waals surface area contributed by atoms with Crippen LogP contribution in [-0.4, -0.2) is 26.0 Å². The molecule has 6 heteroatoms. The maximum absolute atomic E-state index is 11.5. The first-order chi connectivity index (χ1) is 8.50. The van der Waals surface area contributed by atoms with Gasteiger partial charge in [-0.25, -0.2) is 8.42 Å². The molecule has 0 amide bonds. The van der Waals surface area contributed by atoms with Gasteiger partial charge in [0.25, 0.3) is 0 Å². The van der Waals surface area contributed by atoms with Crippen molar-refractivity contribution in [2.75, 3.05) is 11.5 Å². The van der Waals surface area contributed by atoms with Gasteiger partial charge in [0, 0.05) is 11.1 Å². The predicted molar refractivity (Wildman–Crippen MR) is 73.0 cm³/mol. The maximum atomic E-state index is 11.5. The van der Waals surface area contributed by atoms with Crippen molar-refractivity contribution in [1.82, 2.24) is 5.43 Å². The molecule has 0 bridgehead atoms.